The topological polar surface area (TPSA) is 105 Å². The highest BCUT2D eigenvalue weighted by Gasteiger charge is 2.46. The van der Waals surface area contributed by atoms with Crippen LogP contribution in [-0.4, -0.2) is 39.5 Å². The van der Waals surface area contributed by atoms with E-state index in [9.17, 15) is 18.7 Å². The predicted molar refractivity (Wildman–Crippen MR) is 247 cm³/mol. The second kappa shape index (κ2) is 23.6. The Labute approximate surface area is 370 Å². The fraction of sp³-hybridized carbons (Fsp3) is 0.0870. The van der Waals surface area contributed by atoms with Crippen molar-refractivity contribution >= 4 is 94.4 Å². The van der Waals surface area contributed by atoms with Crippen LogP contribution in [-0.2, 0) is 9.13 Å². The summed E-state index contributed by atoms with van der Waals surface area (Å²) in [5.74, 6) is 3.28. The van der Waals surface area contributed by atoms with Crippen LogP contribution in [0.15, 0.2) is 158 Å². The zero-order chi connectivity index (χ0) is 43.7. The van der Waals surface area contributed by atoms with Gasteiger partial charge in [0.05, 0.1) is 59.7 Å². The molecule has 0 aliphatic rings. The van der Waals surface area contributed by atoms with Gasteiger partial charge < -0.3 is 23.5 Å². The first-order valence-electron chi connectivity index (χ1n) is 17.8. The van der Waals surface area contributed by atoms with Crippen molar-refractivity contribution in [1.82, 2.24) is 0 Å². The third kappa shape index (κ3) is 12.2. The Kier molecular flexibility index (Phi) is 18.7. The molecule has 8 nitrogen and oxygen atoms in total. The molecule has 60 heavy (non-hydrogen) atoms. The van der Waals surface area contributed by atoms with Crippen molar-refractivity contribution in [3.05, 3.63) is 189 Å². The first-order chi connectivity index (χ1) is 28.9. The maximum absolute atomic E-state index is 14.7. The number of benzene rings is 7. The molecule has 1 unspecified atom stereocenters. The van der Waals surface area contributed by atoms with Gasteiger partial charge >= 0.3 is 8.46 Å². The molecule has 0 heterocycles. The van der Waals surface area contributed by atoms with Crippen molar-refractivity contribution in [3.8, 4) is 23.0 Å². The summed E-state index contributed by atoms with van der Waals surface area (Å²) in [6.07, 6.45) is 0. The van der Waals surface area contributed by atoms with E-state index in [1.807, 2.05) is 78.9 Å². The summed E-state index contributed by atoms with van der Waals surface area (Å²) < 4.78 is 44.8. The average molecular weight is 924 g/mol. The number of ether oxygens (including phenoxy) is 4. The first-order valence-corrected chi connectivity index (χ1v) is 21.9. The van der Waals surface area contributed by atoms with Crippen LogP contribution in [0, 0.1) is 0 Å². The summed E-state index contributed by atoms with van der Waals surface area (Å²) in [6.45, 7) is 0. The number of carbonyl (C=O) groups excluding carboxylic acids is 2. The Balaban J connectivity index is 0.000000227. The van der Waals surface area contributed by atoms with E-state index in [0.717, 1.165) is 28.3 Å². The maximum Gasteiger partial charge on any atom is 0.363 e. The quantitative estimate of drug-likeness (QED) is 0.125. The largest absolute Gasteiger partial charge is 0.497 e. The van der Waals surface area contributed by atoms with Crippen LogP contribution in [0.5, 0.6) is 23.0 Å². The molecule has 1 atom stereocenters. The summed E-state index contributed by atoms with van der Waals surface area (Å²) >= 11 is 25.0. The molecule has 0 spiro atoms. The van der Waals surface area contributed by atoms with Crippen LogP contribution in [0.4, 0.5) is 0 Å². The monoisotopic (exact) mass is 921 g/mol. The van der Waals surface area contributed by atoms with Crippen LogP contribution in [0.2, 0.25) is 20.1 Å². The van der Waals surface area contributed by atoms with Crippen LogP contribution >= 0.6 is 62.0 Å². The molecule has 0 fully saturated rings. The highest BCUT2D eigenvalue weighted by atomic mass is 35.5. The molecule has 7 rings (SSSR count). The minimum Gasteiger partial charge on any atom is -0.497 e. The lowest BCUT2D eigenvalue weighted by atomic mass is 10.1. The van der Waals surface area contributed by atoms with Crippen LogP contribution in [0.25, 0.3) is 10.8 Å². The molecule has 0 aliphatic heterocycles. The number of rotatable bonds is 10. The van der Waals surface area contributed by atoms with Gasteiger partial charge in [-0.1, -0.05) is 130 Å². The second-order valence-corrected chi connectivity index (χ2v) is 17.1. The zero-order valence-corrected chi connectivity index (χ0v) is 37.7. The van der Waals surface area contributed by atoms with E-state index < -0.39 is 18.2 Å². The summed E-state index contributed by atoms with van der Waals surface area (Å²) in [6, 6.07) is 45.1. The first kappa shape index (κ1) is 47.5. The number of hydrogen-bond donors (Lipinski definition) is 0. The summed E-state index contributed by atoms with van der Waals surface area (Å²) in [4.78, 5) is 27.7. The molecule has 14 heteroatoms. The van der Waals surface area contributed by atoms with Crippen molar-refractivity contribution < 1.29 is 37.7 Å². The third-order valence-electron chi connectivity index (χ3n) is 8.48. The minimum absolute atomic E-state index is 0.0129. The van der Waals surface area contributed by atoms with E-state index in [1.165, 1.54) is 30.3 Å². The van der Waals surface area contributed by atoms with Gasteiger partial charge in [-0.2, -0.15) is 0 Å². The summed E-state index contributed by atoms with van der Waals surface area (Å²) in [5.41, 5.74) is -2.34. The van der Waals surface area contributed by atoms with Gasteiger partial charge in [-0.3, -0.25) is 9.59 Å². The molecular formula is C46H39Cl4O8P2+. The highest BCUT2D eigenvalue weighted by Crippen LogP contribution is 2.55. The van der Waals surface area contributed by atoms with Crippen molar-refractivity contribution in [3.63, 3.8) is 0 Å². The predicted octanol–water partition coefficient (Wildman–Crippen LogP) is 12.9. The van der Waals surface area contributed by atoms with Crippen molar-refractivity contribution in [1.29, 1.82) is 0 Å². The normalized spacial score (nSPS) is 10.4. The van der Waals surface area contributed by atoms with Crippen molar-refractivity contribution in [2.75, 3.05) is 28.4 Å². The van der Waals surface area contributed by atoms with Crippen LogP contribution in [0.1, 0.15) is 20.7 Å². The van der Waals surface area contributed by atoms with Crippen LogP contribution < -0.4 is 29.6 Å². The van der Waals surface area contributed by atoms with Crippen molar-refractivity contribution in [2.45, 2.75) is 0 Å². The van der Waals surface area contributed by atoms with Gasteiger partial charge in [0.25, 0.3) is 0 Å². The minimum atomic E-state index is -4.57. The number of hydrogen-bond acceptors (Lipinski definition) is 8. The molecule has 0 aliphatic carbocycles. The molecule has 0 aromatic heterocycles. The fourth-order valence-corrected chi connectivity index (χ4v) is 9.78. The molecule has 0 saturated heterocycles. The van der Waals surface area contributed by atoms with E-state index in [-0.39, 0.29) is 45.0 Å². The molecule has 7 aromatic rings. The smallest absolute Gasteiger partial charge is 0.363 e. The second-order valence-electron chi connectivity index (χ2n) is 12.1. The standard InChI is InChI=1S/C24H13Cl4O3P.2C8H10O2.C6H5OP/c25-16-9-4-10-17(26)21(16)23(29)32(31,24(30)22-18(27)11-5-12-19(22)28)20-13-3-7-14-6-1-2-8-15(14)20;2*1-9-7-4-3-5-8(6-7)10-2;7-8-6-4-2-1-3-5-6/h1-13H;2*3-6H,1-2H3;1-5H/p+1. The number of carbonyl (C=O) groups is 2. The van der Waals surface area contributed by atoms with Gasteiger partial charge in [-0.25, -0.2) is 0 Å². The van der Waals surface area contributed by atoms with Crippen LogP contribution in [0.3, 0.4) is 0 Å². The van der Waals surface area contributed by atoms with E-state index in [0.29, 0.717) is 10.8 Å². The van der Waals surface area contributed by atoms with Gasteiger partial charge in [0.2, 0.25) is 18.2 Å². The van der Waals surface area contributed by atoms with E-state index >= 15 is 0 Å². The number of fused-ring (bicyclic) bond motifs is 1. The molecule has 0 N–H and O–H groups in total. The zero-order valence-electron chi connectivity index (χ0n) is 32.7. The maximum atomic E-state index is 14.7. The SMILES string of the molecule is COc1cccc(OC)c1.COc1cccc(OC)c1.O=C(c1c(Cl)cccc1Cl)P(=O)(C(=O)c1c(Cl)cccc1Cl)c1cccc2ccccc12.O=[PH+]c1ccccc1. The Hall–Kier alpha value is -5.17. The Morgan fingerprint density at radius 2 is 0.817 bits per heavy atom. The van der Waals surface area contributed by atoms with E-state index in [4.69, 9.17) is 65.4 Å². The fourth-order valence-electron chi connectivity index (χ4n) is 5.48. The Morgan fingerprint density at radius 1 is 0.467 bits per heavy atom. The number of methoxy groups -OCH3 is 4. The average Bonchev–Trinajstić information content (AvgIpc) is 3.29. The highest BCUT2D eigenvalue weighted by molar-refractivity contribution is 8.01. The lowest BCUT2D eigenvalue weighted by molar-refractivity contribution is 0.104. The molecule has 0 bridgehead atoms. The molecule has 0 amide bonds. The van der Waals surface area contributed by atoms with Gasteiger partial charge in [-0.05, 0) is 77.5 Å². The number of halogens is 4. The Morgan fingerprint density at radius 3 is 1.20 bits per heavy atom. The Bertz CT molecular complexity index is 2410. The van der Waals surface area contributed by atoms with Crippen molar-refractivity contribution in [2.24, 2.45) is 0 Å². The molecule has 308 valence electrons. The van der Waals surface area contributed by atoms with Gasteiger partial charge in [0, 0.05) is 17.4 Å². The molecule has 0 saturated carbocycles. The third-order valence-corrected chi connectivity index (χ3v) is 13.0. The van der Waals surface area contributed by atoms with Gasteiger partial charge in [0.1, 0.15) is 23.0 Å². The van der Waals surface area contributed by atoms with E-state index in [1.54, 1.807) is 77.0 Å². The molecule has 7 aromatic carbocycles. The van der Waals surface area contributed by atoms with E-state index in [2.05, 4.69) is 0 Å². The molecule has 0 radical (unpaired) electrons. The van der Waals surface area contributed by atoms with Gasteiger partial charge in [0.15, 0.2) is 5.30 Å². The summed E-state index contributed by atoms with van der Waals surface area (Å²) in [5, 5.41) is 2.10. The molecular weight excluding hydrogens is 884 g/mol. The summed E-state index contributed by atoms with van der Waals surface area (Å²) in [7, 11) is 1.65. The lowest BCUT2D eigenvalue weighted by Crippen LogP contribution is -2.22. The lowest BCUT2D eigenvalue weighted by Gasteiger charge is -2.20. The van der Waals surface area contributed by atoms with Gasteiger partial charge in [-0.15, -0.1) is 0 Å².